The summed E-state index contributed by atoms with van der Waals surface area (Å²) in [7, 11) is 3.23. The molecular formula is C14H19BrClNO3. The Labute approximate surface area is 133 Å². The van der Waals surface area contributed by atoms with Crippen molar-refractivity contribution >= 4 is 33.4 Å². The molecule has 0 aromatic heterocycles. The molecule has 0 bridgehead atoms. The Hall–Kier alpha value is -0.620. The van der Waals surface area contributed by atoms with E-state index in [9.17, 15) is 4.79 Å². The molecule has 20 heavy (non-hydrogen) atoms. The van der Waals surface area contributed by atoms with Gasteiger partial charge in [-0.15, -0.1) is 0 Å². The first-order valence-corrected chi connectivity index (χ1v) is 7.42. The van der Waals surface area contributed by atoms with Gasteiger partial charge in [-0.25, -0.2) is 0 Å². The third-order valence-corrected chi connectivity index (χ3v) is 4.12. The molecule has 0 saturated carbocycles. The smallest absolute Gasteiger partial charge is 0.254 e. The van der Waals surface area contributed by atoms with Crippen LogP contribution >= 0.6 is 27.5 Å². The number of hydrogen-bond acceptors (Lipinski definition) is 3. The van der Waals surface area contributed by atoms with Crippen LogP contribution in [-0.4, -0.2) is 50.8 Å². The fraction of sp³-hybridized carbons (Fsp3) is 0.500. The van der Waals surface area contributed by atoms with Crippen molar-refractivity contribution in [3.63, 3.8) is 0 Å². The highest BCUT2D eigenvalue weighted by molar-refractivity contribution is 9.10. The van der Waals surface area contributed by atoms with Crippen LogP contribution in [0.2, 0.25) is 5.02 Å². The lowest BCUT2D eigenvalue weighted by atomic mass is 10.1. The zero-order valence-corrected chi connectivity index (χ0v) is 14.2. The van der Waals surface area contributed by atoms with E-state index in [1.807, 2.05) is 6.92 Å². The van der Waals surface area contributed by atoms with Crippen LogP contribution in [-0.2, 0) is 9.47 Å². The average molecular weight is 365 g/mol. The number of benzene rings is 1. The minimum atomic E-state index is -0.0658. The average Bonchev–Trinajstić information content (AvgIpc) is 2.42. The lowest BCUT2D eigenvalue weighted by Crippen LogP contribution is -2.43. The lowest BCUT2D eigenvalue weighted by molar-refractivity contribution is 0.0479. The summed E-state index contributed by atoms with van der Waals surface area (Å²) in [5, 5.41) is 0.579. The predicted molar refractivity (Wildman–Crippen MR) is 83.4 cm³/mol. The maximum atomic E-state index is 12.6. The summed E-state index contributed by atoms with van der Waals surface area (Å²) in [5.41, 5.74) is 0.584. The lowest BCUT2D eigenvalue weighted by Gasteiger charge is -2.28. The van der Waals surface area contributed by atoms with Gasteiger partial charge in [0.25, 0.3) is 5.91 Å². The number of rotatable bonds is 7. The first kappa shape index (κ1) is 17.4. The zero-order chi connectivity index (χ0) is 15.1. The molecule has 112 valence electrons. The number of methoxy groups -OCH3 is 2. The Kier molecular flexibility index (Phi) is 7.51. The van der Waals surface area contributed by atoms with Gasteiger partial charge in [0.1, 0.15) is 0 Å². The second-order valence-corrected chi connectivity index (χ2v) is 5.69. The van der Waals surface area contributed by atoms with E-state index < -0.39 is 0 Å². The molecule has 1 amide bonds. The molecule has 1 aromatic carbocycles. The Morgan fingerprint density at radius 2 is 2.10 bits per heavy atom. The minimum absolute atomic E-state index is 0.0305. The third kappa shape index (κ3) is 4.74. The maximum Gasteiger partial charge on any atom is 0.254 e. The number of nitrogens with zero attached hydrogens (tertiary/aromatic N) is 1. The summed E-state index contributed by atoms with van der Waals surface area (Å²) < 4.78 is 10.9. The predicted octanol–water partition coefficient (Wildman–Crippen LogP) is 3.23. The molecule has 0 heterocycles. The van der Waals surface area contributed by atoms with E-state index in [1.54, 1.807) is 37.3 Å². The highest BCUT2D eigenvalue weighted by atomic mass is 79.9. The van der Waals surface area contributed by atoms with Crippen molar-refractivity contribution < 1.29 is 14.3 Å². The quantitative estimate of drug-likeness (QED) is 0.745. The fourth-order valence-electron chi connectivity index (χ4n) is 1.84. The number of halogens is 2. The summed E-state index contributed by atoms with van der Waals surface area (Å²) in [6.07, 6.45) is 0. The SMILES string of the molecule is COCCN(C(=O)c1ccc(Cl)c(Br)c1)C(C)COC. The number of ether oxygens (including phenoxy) is 2. The van der Waals surface area contributed by atoms with Crippen molar-refractivity contribution in [1.29, 1.82) is 0 Å². The van der Waals surface area contributed by atoms with Crippen LogP contribution in [0.3, 0.4) is 0 Å². The van der Waals surface area contributed by atoms with Gasteiger partial charge in [-0.1, -0.05) is 11.6 Å². The van der Waals surface area contributed by atoms with Crippen molar-refractivity contribution in [2.75, 3.05) is 34.0 Å². The van der Waals surface area contributed by atoms with Crippen molar-refractivity contribution in [1.82, 2.24) is 4.90 Å². The summed E-state index contributed by atoms with van der Waals surface area (Å²) in [6.45, 7) is 3.42. The molecule has 6 heteroatoms. The van der Waals surface area contributed by atoms with E-state index in [1.165, 1.54) is 0 Å². The van der Waals surface area contributed by atoms with Gasteiger partial charge >= 0.3 is 0 Å². The largest absolute Gasteiger partial charge is 0.383 e. The number of hydrogen-bond donors (Lipinski definition) is 0. The van der Waals surface area contributed by atoms with E-state index in [2.05, 4.69) is 15.9 Å². The van der Waals surface area contributed by atoms with Crippen LogP contribution in [0.25, 0.3) is 0 Å². The molecule has 0 saturated heterocycles. The number of amides is 1. The van der Waals surface area contributed by atoms with Crippen LogP contribution in [0.5, 0.6) is 0 Å². The van der Waals surface area contributed by atoms with Gasteiger partial charge in [0.05, 0.1) is 24.3 Å². The van der Waals surface area contributed by atoms with Crippen molar-refractivity contribution in [3.05, 3.63) is 33.3 Å². The summed E-state index contributed by atoms with van der Waals surface area (Å²) >= 11 is 9.28. The molecule has 1 aromatic rings. The van der Waals surface area contributed by atoms with Crippen LogP contribution in [0.1, 0.15) is 17.3 Å². The van der Waals surface area contributed by atoms with Gasteiger partial charge in [0.15, 0.2) is 0 Å². The fourth-order valence-corrected chi connectivity index (χ4v) is 2.33. The summed E-state index contributed by atoms with van der Waals surface area (Å²) in [5.74, 6) is -0.0658. The Morgan fingerprint density at radius 3 is 2.65 bits per heavy atom. The topological polar surface area (TPSA) is 38.8 Å². The van der Waals surface area contributed by atoms with Crippen LogP contribution in [0, 0.1) is 0 Å². The maximum absolute atomic E-state index is 12.6. The molecule has 0 spiro atoms. The van der Waals surface area contributed by atoms with Gasteiger partial charge < -0.3 is 14.4 Å². The molecule has 4 nitrogen and oxygen atoms in total. The molecule has 1 rings (SSSR count). The van der Waals surface area contributed by atoms with Gasteiger partial charge in [0.2, 0.25) is 0 Å². The molecule has 1 unspecified atom stereocenters. The molecule has 0 radical (unpaired) electrons. The van der Waals surface area contributed by atoms with Crippen molar-refractivity contribution in [3.8, 4) is 0 Å². The molecule has 0 aliphatic rings. The molecule has 0 aliphatic carbocycles. The highest BCUT2D eigenvalue weighted by Crippen LogP contribution is 2.24. The molecular weight excluding hydrogens is 346 g/mol. The van der Waals surface area contributed by atoms with Gasteiger partial charge in [0, 0.05) is 30.8 Å². The van der Waals surface area contributed by atoms with E-state index >= 15 is 0 Å². The molecule has 0 N–H and O–H groups in total. The van der Waals surface area contributed by atoms with E-state index in [-0.39, 0.29) is 11.9 Å². The van der Waals surface area contributed by atoms with Gasteiger partial charge in [-0.3, -0.25) is 4.79 Å². The first-order chi connectivity index (χ1) is 9.51. The Bertz CT molecular complexity index is 456. The van der Waals surface area contributed by atoms with Crippen LogP contribution < -0.4 is 0 Å². The van der Waals surface area contributed by atoms with E-state index in [0.717, 1.165) is 0 Å². The highest BCUT2D eigenvalue weighted by Gasteiger charge is 2.21. The zero-order valence-electron chi connectivity index (χ0n) is 11.9. The van der Waals surface area contributed by atoms with E-state index in [0.29, 0.717) is 34.8 Å². The monoisotopic (exact) mass is 363 g/mol. The van der Waals surface area contributed by atoms with Crippen molar-refractivity contribution in [2.24, 2.45) is 0 Å². The number of carbonyl (C=O) groups excluding carboxylic acids is 1. The first-order valence-electron chi connectivity index (χ1n) is 6.25. The normalized spacial score (nSPS) is 12.2. The van der Waals surface area contributed by atoms with E-state index in [4.69, 9.17) is 21.1 Å². The van der Waals surface area contributed by atoms with Gasteiger partial charge in [-0.05, 0) is 41.1 Å². The minimum Gasteiger partial charge on any atom is -0.383 e. The molecule has 1 atom stereocenters. The Balaban J connectivity index is 2.93. The molecule has 0 fully saturated rings. The van der Waals surface area contributed by atoms with Crippen molar-refractivity contribution in [2.45, 2.75) is 13.0 Å². The second-order valence-electron chi connectivity index (χ2n) is 4.42. The summed E-state index contributed by atoms with van der Waals surface area (Å²) in [4.78, 5) is 14.3. The molecule has 0 aliphatic heterocycles. The van der Waals surface area contributed by atoms with Crippen LogP contribution in [0.4, 0.5) is 0 Å². The second kappa shape index (κ2) is 8.62. The van der Waals surface area contributed by atoms with Crippen LogP contribution in [0.15, 0.2) is 22.7 Å². The summed E-state index contributed by atoms with van der Waals surface area (Å²) in [6, 6.07) is 5.12. The Morgan fingerprint density at radius 1 is 1.40 bits per heavy atom. The third-order valence-electron chi connectivity index (χ3n) is 2.90. The number of carbonyl (C=O) groups is 1. The van der Waals surface area contributed by atoms with Gasteiger partial charge in [-0.2, -0.15) is 0 Å². The standard InChI is InChI=1S/C14H19BrClNO3/c1-10(9-20-3)17(6-7-19-2)14(18)11-4-5-13(16)12(15)8-11/h4-5,8,10H,6-7,9H2,1-3H3.